The minimum absolute atomic E-state index is 0.0489. The first kappa shape index (κ1) is 15.1. The zero-order valence-electron chi connectivity index (χ0n) is 13.9. The Labute approximate surface area is 141 Å². The number of nitrogens with one attached hydrogen (secondary N) is 1. The Morgan fingerprint density at radius 2 is 2.00 bits per heavy atom. The average molecular weight is 322 g/mol. The number of aromatic nitrogens is 1. The molecule has 2 aromatic heterocycles. The molecule has 0 saturated heterocycles. The average Bonchev–Trinajstić information content (AvgIpc) is 3.28. The molecule has 4 rings (SSSR count). The standard InChI is InChI=1S/C20H22N2O2/c1-21-20(23)14-7-8-18-16(11-14)12-19(15-9-10-24-13-15)22(18)17-5-3-2-4-6-17/h7-13,17H,2-6H2,1H3,(H,21,23). The summed E-state index contributed by atoms with van der Waals surface area (Å²) in [6.45, 7) is 0. The van der Waals surface area contributed by atoms with Crippen LogP contribution in [0, 0.1) is 0 Å². The Kier molecular flexibility index (Phi) is 3.89. The van der Waals surface area contributed by atoms with Gasteiger partial charge in [0.1, 0.15) is 0 Å². The molecule has 124 valence electrons. The van der Waals surface area contributed by atoms with E-state index in [4.69, 9.17) is 4.42 Å². The summed E-state index contributed by atoms with van der Waals surface area (Å²) in [6.07, 6.45) is 9.84. The number of rotatable bonds is 3. The second-order valence-corrected chi connectivity index (χ2v) is 6.56. The molecule has 1 aliphatic rings. The van der Waals surface area contributed by atoms with Gasteiger partial charge in [0.2, 0.25) is 0 Å². The molecule has 3 aromatic rings. The molecule has 1 aromatic carbocycles. The lowest BCUT2D eigenvalue weighted by molar-refractivity contribution is 0.0963. The van der Waals surface area contributed by atoms with Crippen LogP contribution in [0.3, 0.4) is 0 Å². The molecule has 1 fully saturated rings. The Morgan fingerprint density at radius 1 is 1.17 bits per heavy atom. The van der Waals surface area contributed by atoms with E-state index in [9.17, 15) is 4.79 Å². The van der Waals surface area contributed by atoms with Crippen molar-refractivity contribution in [2.75, 3.05) is 7.05 Å². The number of fused-ring (bicyclic) bond motifs is 1. The highest BCUT2D eigenvalue weighted by molar-refractivity contribution is 5.99. The molecular formula is C20H22N2O2. The van der Waals surface area contributed by atoms with Gasteiger partial charge in [-0.05, 0) is 43.2 Å². The Hall–Kier alpha value is -2.49. The third kappa shape index (κ3) is 2.52. The largest absolute Gasteiger partial charge is 0.472 e. The molecule has 0 atom stereocenters. The molecular weight excluding hydrogens is 300 g/mol. The van der Waals surface area contributed by atoms with E-state index in [1.807, 2.05) is 18.2 Å². The number of furan rings is 1. The van der Waals surface area contributed by atoms with Gasteiger partial charge in [0, 0.05) is 35.1 Å². The normalized spacial score (nSPS) is 15.7. The SMILES string of the molecule is CNC(=O)c1ccc2c(c1)cc(-c1ccoc1)n2C1CCCCC1. The molecule has 1 aliphatic carbocycles. The summed E-state index contributed by atoms with van der Waals surface area (Å²) in [5, 5.41) is 3.81. The summed E-state index contributed by atoms with van der Waals surface area (Å²) in [4.78, 5) is 11.9. The van der Waals surface area contributed by atoms with E-state index in [0.29, 0.717) is 11.6 Å². The predicted octanol–water partition coefficient (Wildman–Crippen LogP) is 4.77. The lowest BCUT2D eigenvalue weighted by atomic mass is 9.95. The number of hydrogen-bond acceptors (Lipinski definition) is 2. The van der Waals surface area contributed by atoms with Crippen LogP contribution in [0.4, 0.5) is 0 Å². The summed E-state index contributed by atoms with van der Waals surface area (Å²) in [7, 11) is 1.66. The smallest absolute Gasteiger partial charge is 0.251 e. The monoisotopic (exact) mass is 322 g/mol. The summed E-state index contributed by atoms with van der Waals surface area (Å²) in [5.74, 6) is -0.0489. The van der Waals surface area contributed by atoms with E-state index in [-0.39, 0.29) is 5.91 Å². The van der Waals surface area contributed by atoms with Gasteiger partial charge in [-0.3, -0.25) is 4.79 Å². The topological polar surface area (TPSA) is 47.2 Å². The van der Waals surface area contributed by atoms with Gasteiger partial charge in [-0.15, -0.1) is 0 Å². The molecule has 0 bridgehead atoms. The van der Waals surface area contributed by atoms with Crippen LogP contribution in [-0.2, 0) is 0 Å². The lowest BCUT2D eigenvalue weighted by Gasteiger charge is -2.26. The predicted molar refractivity (Wildman–Crippen MR) is 95.2 cm³/mol. The molecule has 0 unspecified atom stereocenters. The van der Waals surface area contributed by atoms with Crippen molar-refractivity contribution in [3.8, 4) is 11.3 Å². The van der Waals surface area contributed by atoms with Crippen molar-refractivity contribution in [2.45, 2.75) is 38.1 Å². The molecule has 2 heterocycles. The van der Waals surface area contributed by atoms with Crippen LogP contribution in [0.5, 0.6) is 0 Å². The first-order valence-corrected chi connectivity index (χ1v) is 8.67. The van der Waals surface area contributed by atoms with Crippen molar-refractivity contribution in [3.63, 3.8) is 0 Å². The molecule has 1 N–H and O–H groups in total. The highest BCUT2D eigenvalue weighted by Crippen LogP contribution is 2.38. The van der Waals surface area contributed by atoms with Gasteiger partial charge in [0.25, 0.3) is 5.91 Å². The number of hydrogen-bond donors (Lipinski definition) is 1. The molecule has 0 aliphatic heterocycles. The minimum Gasteiger partial charge on any atom is -0.472 e. The lowest BCUT2D eigenvalue weighted by Crippen LogP contribution is -2.17. The van der Waals surface area contributed by atoms with Gasteiger partial charge >= 0.3 is 0 Å². The van der Waals surface area contributed by atoms with Crippen LogP contribution in [-0.4, -0.2) is 17.5 Å². The zero-order valence-corrected chi connectivity index (χ0v) is 13.9. The fourth-order valence-electron chi connectivity index (χ4n) is 3.89. The van der Waals surface area contributed by atoms with E-state index in [1.54, 1.807) is 19.6 Å². The highest BCUT2D eigenvalue weighted by atomic mass is 16.3. The van der Waals surface area contributed by atoms with Crippen LogP contribution < -0.4 is 5.32 Å². The van der Waals surface area contributed by atoms with E-state index in [1.165, 1.54) is 43.3 Å². The summed E-state index contributed by atoms with van der Waals surface area (Å²) in [5.41, 5.74) is 4.17. The van der Waals surface area contributed by atoms with Crippen LogP contribution in [0.2, 0.25) is 0 Å². The minimum atomic E-state index is -0.0489. The Balaban J connectivity index is 1.89. The summed E-state index contributed by atoms with van der Waals surface area (Å²) >= 11 is 0. The number of nitrogens with zero attached hydrogens (tertiary/aromatic N) is 1. The first-order chi connectivity index (χ1) is 11.8. The van der Waals surface area contributed by atoms with Crippen LogP contribution in [0.25, 0.3) is 22.2 Å². The van der Waals surface area contributed by atoms with E-state index in [2.05, 4.69) is 22.0 Å². The van der Waals surface area contributed by atoms with E-state index in [0.717, 1.165) is 10.9 Å². The van der Waals surface area contributed by atoms with Crippen molar-refractivity contribution < 1.29 is 9.21 Å². The molecule has 0 spiro atoms. The first-order valence-electron chi connectivity index (χ1n) is 8.67. The third-order valence-electron chi connectivity index (χ3n) is 5.08. The van der Waals surface area contributed by atoms with E-state index >= 15 is 0 Å². The Morgan fingerprint density at radius 3 is 2.71 bits per heavy atom. The van der Waals surface area contributed by atoms with Crippen molar-refractivity contribution in [1.82, 2.24) is 9.88 Å². The van der Waals surface area contributed by atoms with Gasteiger partial charge in [0.05, 0.1) is 18.2 Å². The number of amides is 1. The molecule has 1 saturated carbocycles. The van der Waals surface area contributed by atoms with Crippen LogP contribution in [0.15, 0.2) is 47.3 Å². The second-order valence-electron chi connectivity index (χ2n) is 6.56. The number of carbonyl (C=O) groups excluding carboxylic acids is 1. The van der Waals surface area contributed by atoms with Crippen molar-refractivity contribution in [2.24, 2.45) is 0 Å². The molecule has 4 nitrogen and oxygen atoms in total. The highest BCUT2D eigenvalue weighted by Gasteiger charge is 2.22. The number of carbonyl (C=O) groups is 1. The third-order valence-corrected chi connectivity index (χ3v) is 5.08. The Bertz CT molecular complexity index is 855. The van der Waals surface area contributed by atoms with Crippen molar-refractivity contribution in [1.29, 1.82) is 0 Å². The van der Waals surface area contributed by atoms with Crippen LogP contribution >= 0.6 is 0 Å². The summed E-state index contributed by atoms with van der Waals surface area (Å²) in [6, 6.07) is 10.7. The maximum Gasteiger partial charge on any atom is 0.251 e. The summed E-state index contributed by atoms with van der Waals surface area (Å²) < 4.78 is 7.76. The van der Waals surface area contributed by atoms with Crippen molar-refractivity contribution >= 4 is 16.8 Å². The molecule has 24 heavy (non-hydrogen) atoms. The maximum absolute atomic E-state index is 11.9. The molecule has 0 radical (unpaired) electrons. The van der Waals surface area contributed by atoms with Crippen molar-refractivity contribution in [3.05, 3.63) is 48.4 Å². The van der Waals surface area contributed by atoms with Gasteiger partial charge in [-0.2, -0.15) is 0 Å². The quantitative estimate of drug-likeness (QED) is 0.755. The zero-order chi connectivity index (χ0) is 16.5. The fourth-order valence-corrected chi connectivity index (χ4v) is 3.89. The number of benzene rings is 1. The van der Waals surface area contributed by atoms with Gasteiger partial charge in [-0.1, -0.05) is 19.3 Å². The van der Waals surface area contributed by atoms with Gasteiger partial charge in [0.15, 0.2) is 0 Å². The van der Waals surface area contributed by atoms with Crippen LogP contribution in [0.1, 0.15) is 48.5 Å². The maximum atomic E-state index is 11.9. The van der Waals surface area contributed by atoms with Gasteiger partial charge in [-0.25, -0.2) is 0 Å². The molecule has 1 amide bonds. The molecule has 4 heteroatoms. The fraction of sp³-hybridized carbons (Fsp3) is 0.350. The van der Waals surface area contributed by atoms with E-state index < -0.39 is 0 Å². The second kappa shape index (κ2) is 6.19. The van der Waals surface area contributed by atoms with Gasteiger partial charge < -0.3 is 14.3 Å².